The summed E-state index contributed by atoms with van der Waals surface area (Å²) in [6.07, 6.45) is 1.69. The predicted octanol–water partition coefficient (Wildman–Crippen LogP) is 4.41. The Balaban J connectivity index is 2.00. The maximum absolute atomic E-state index is 5.91. The van der Waals surface area contributed by atoms with Gasteiger partial charge < -0.3 is 9.73 Å². The van der Waals surface area contributed by atoms with Crippen LogP contribution in [0.1, 0.15) is 36.6 Å². The molecule has 2 rings (SSSR count). The van der Waals surface area contributed by atoms with Crippen LogP contribution in [0.15, 0.2) is 34.9 Å². The van der Waals surface area contributed by atoms with Crippen LogP contribution in [-0.2, 0) is 0 Å². The number of nitrogens with one attached hydrogen (secondary N) is 1. The Bertz CT molecular complexity index is 438. The second-order valence-corrected chi connectivity index (χ2v) is 5.51. The molecule has 16 heavy (non-hydrogen) atoms. The molecule has 0 saturated carbocycles. The summed E-state index contributed by atoms with van der Waals surface area (Å²) in [4.78, 5) is 1.24. The highest BCUT2D eigenvalue weighted by molar-refractivity contribution is 7.16. The SMILES string of the molecule is CC(N[C@@H](C)c1ccco1)c1ccc(Cl)s1. The minimum Gasteiger partial charge on any atom is -0.468 e. The quantitative estimate of drug-likeness (QED) is 0.876. The topological polar surface area (TPSA) is 25.2 Å². The van der Waals surface area contributed by atoms with Crippen molar-refractivity contribution in [3.63, 3.8) is 0 Å². The molecule has 1 unspecified atom stereocenters. The molecule has 2 heterocycles. The highest BCUT2D eigenvalue weighted by atomic mass is 35.5. The van der Waals surface area contributed by atoms with Crippen LogP contribution in [0, 0.1) is 0 Å². The minimum absolute atomic E-state index is 0.200. The van der Waals surface area contributed by atoms with Crippen molar-refractivity contribution in [1.29, 1.82) is 0 Å². The fourth-order valence-electron chi connectivity index (χ4n) is 1.64. The second kappa shape index (κ2) is 5.04. The van der Waals surface area contributed by atoms with E-state index in [0.29, 0.717) is 0 Å². The predicted molar refractivity (Wildman–Crippen MR) is 68.0 cm³/mol. The summed E-state index contributed by atoms with van der Waals surface area (Å²) in [6.45, 7) is 4.21. The average molecular weight is 256 g/mol. The molecule has 2 atom stereocenters. The standard InChI is InChI=1S/C12H14ClNOS/c1-8(10-4-3-7-15-10)14-9(2)11-5-6-12(13)16-11/h3-9,14H,1-2H3/t8-,9?/m0/s1. The van der Waals surface area contributed by atoms with E-state index in [1.54, 1.807) is 17.6 Å². The fraction of sp³-hybridized carbons (Fsp3) is 0.333. The summed E-state index contributed by atoms with van der Waals surface area (Å²) < 4.78 is 6.18. The molecular formula is C12H14ClNOS. The summed E-state index contributed by atoms with van der Waals surface area (Å²) in [5, 5.41) is 3.47. The van der Waals surface area contributed by atoms with Gasteiger partial charge in [0.25, 0.3) is 0 Å². The first-order valence-corrected chi connectivity index (χ1v) is 6.41. The normalized spacial score (nSPS) is 14.9. The van der Waals surface area contributed by atoms with Gasteiger partial charge in [-0.2, -0.15) is 0 Å². The molecule has 0 spiro atoms. The number of halogens is 1. The van der Waals surface area contributed by atoms with E-state index in [1.807, 2.05) is 18.2 Å². The van der Waals surface area contributed by atoms with Crippen molar-refractivity contribution >= 4 is 22.9 Å². The van der Waals surface area contributed by atoms with E-state index < -0.39 is 0 Å². The zero-order valence-corrected chi connectivity index (χ0v) is 10.8. The number of hydrogen-bond donors (Lipinski definition) is 1. The summed E-state index contributed by atoms with van der Waals surface area (Å²) in [5.41, 5.74) is 0. The van der Waals surface area contributed by atoms with Crippen molar-refractivity contribution in [2.45, 2.75) is 25.9 Å². The van der Waals surface area contributed by atoms with Crippen molar-refractivity contribution in [2.75, 3.05) is 0 Å². The van der Waals surface area contributed by atoms with E-state index in [0.717, 1.165) is 10.1 Å². The van der Waals surface area contributed by atoms with Crippen LogP contribution < -0.4 is 5.32 Å². The van der Waals surface area contributed by atoms with Gasteiger partial charge >= 0.3 is 0 Å². The first-order valence-electron chi connectivity index (χ1n) is 5.21. The van der Waals surface area contributed by atoms with Gasteiger partial charge in [0, 0.05) is 10.9 Å². The molecule has 0 bridgehead atoms. The van der Waals surface area contributed by atoms with Gasteiger partial charge in [-0.1, -0.05) is 11.6 Å². The van der Waals surface area contributed by atoms with Crippen LogP contribution in [-0.4, -0.2) is 0 Å². The lowest BCUT2D eigenvalue weighted by Crippen LogP contribution is -2.21. The van der Waals surface area contributed by atoms with Crippen molar-refractivity contribution in [3.8, 4) is 0 Å². The summed E-state index contributed by atoms with van der Waals surface area (Å²) >= 11 is 7.52. The molecule has 0 amide bonds. The lowest BCUT2D eigenvalue weighted by molar-refractivity contribution is 0.405. The first kappa shape index (κ1) is 11.7. The molecule has 0 aliphatic rings. The van der Waals surface area contributed by atoms with Gasteiger partial charge in [0.05, 0.1) is 16.6 Å². The Morgan fingerprint density at radius 3 is 2.62 bits per heavy atom. The Hall–Kier alpha value is -0.770. The van der Waals surface area contributed by atoms with Gasteiger partial charge in [0.1, 0.15) is 5.76 Å². The van der Waals surface area contributed by atoms with Gasteiger partial charge in [0.15, 0.2) is 0 Å². The molecule has 2 aromatic heterocycles. The molecule has 0 aromatic carbocycles. The van der Waals surface area contributed by atoms with E-state index in [-0.39, 0.29) is 12.1 Å². The zero-order valence-electron chi connectivity index (χ0n) is 9.24. The lowest BCUT2D eigenvalue weighted by atomic mass is 10.2. The van der Waals surface area contributed by atoms with Crippen LogP contribution in [0.2, 0.25) is 4.34 Å². The molecule has 86 valence electrons. The van der Waals surface area contributed by atoms with E-state index in [4.69, 9.17) is 16.0 Å². The van der Waals surface area contributed by atoms with Gasteiger partial charge in [-0.25, -0.2) is 0 Å². The van der Waals surface area contributed by atoms with Crippen molar-refractivity contribution in [3.05, 3.63) is 45.5 Å². The van der Waals surface area contributed by atoms with Crippen LogP contribution in [0.3, 0.4) is 0 Å². The van der Waals surface area contributed by atoms with E-state index in [1.165, 1.54) is 4.88 Å². The Labute approximate surface area is 104 Å². The second-order valence-electron chi connectivity index (χ2n) is 3.77. The lowest BCUT2D eigenvalue weighted by Gasteiger charge is -2.17. The van der Waals surface area contributed by atoms with Gasteiger partial charge in [-0.05, 0) is 38.1 Å². The van der Waals surface area contributed by atoms with Crippen molar-refractivity contribution in [1.82, 2.24) is 5.32 Å². The van der Waals surface area contributed by atoms with Crippen LogP contribution in [0.5, 0.6) is 0 Å². The monoisotopic (exact) mass is 255 g/mol. The number of thiophene rings is 1. The first-order chi connectivity index (χ1) is 7.66. The maximum atomic E-state index is 5.91. The molecule has 0 fully saturated rings. The van der Waals surface area contributed by atoms with E-state index in [2.05, 4.69) is 25.2 Å². The van der Waals surface area contributed by atoms with Gasteiger partial charge in [-0.3, -0.25) is 0 Å². The Kier molecular flexibility index (Phi) is 3.69. The van der Waals surface area contributed by atoms with Crippen molar-refractivity contribution < 1.29 is 4.42 Å². The summed E-state index contributed by atoms with van der Waals surface area (Å²) in [5.74, 6) is 0.953. The smallest absolute Gasteiger partial charge is 0.120 e. The highest BCUT2D eigenvalue weighted by Gasteiger charge is 2.14. The molecule has 0 aliphatic carbocycles. The van der Waals surface area contributed by atoms with E-state index >= 15 is 0 Å². The minimum atomic E-state index is 0.200. The average Bonchev–Trinajstić information content (AvgIpc) is 2.87. The molecule has 4 heteroatoms. The van der Waals surface area contributed by atoms with Crippen LogP contribution >= 0.6 is 22.9 Å². The third kappa shape index (κ3) is 2.67. The summed E-state index contributed by atoms with van der Waals surface area (Å²) in [7, 11) is 0. The zero-order chi connectivity index (χ0) is 11.5. The van der Waals surface area contributed by atoms with Gasteiger partial charge in [-0.15, -0.1) is 11.3 Å². The maximum Gasteiger partial charge on any atom is 0.120 e. The molecule has 2 nitrogen and oxygen atoms in total. The molecule has 0 saturated heterocycles. The highest BCUT2D eigenvalue weighted by Crippen LogP contribution is 2.28. The molecule has 0 aliphatic heterocycles. The third-order valence-corrected chi connectivity index (χ3v) is 3.90. The fourth-order valence-corrected chi connectivity index (χ4v) is 2.71. The van der Waals surface area contributed by atoms with E-state index in [9.17, 15) is 0 Å². The number of furan rings is 1. The van der Waals surface area contributed by atoms with Crippen LogP contribution in [0.25, 0.3) is 0 Å². The van der Waals surface area contributed by atoms with Crippen molar-refractivity contribution in [2.24, 2.45) is 0 Å². The van der Waals surface area contributed by atoms with Gasteiger partial charge in [0.2, 0.25) is 0 Å². The number of rotatable bonds is 4. The largest absolute Gasteiger partial charge is 0.468 e. The third-order valence-electron chi connectivity index (χ3n) is 2.49. The number of hydrogen-bond acceptors (Lipinski definition) is 3. The molecular weight excluding hydrogens is 242 g/mol. The Morgan fingerprint density at radius 1 is 1.25 bits per heavy atom. The van der Waals surface area contributed by atoms with Crippen LogP contribution in [0.4, 0.5) is 0 Å². The summed E-state index contributed by atoms with van der Waals surface area (Å²) in [6, 6.07) is 8.34. The molecule has 0 radical (unpaired) electrons. The molecule has 1 N–H and O–H groups in total. The Morgan fingerprint density at radius 2 is 2.06 bits per heavy atom. The molecule has 2 aromatic rings.